The molecule has 0 atom stereocenters. The van der Waals surface area contributed by atoms with Crippen molar-refractivity contribution in [2.24, 2.45) is 0 Å². The number of allylic oxidation sites excluding steroid dienone is 2. The molecule has 1 aliphatic rings. The minimum absolute atomic E-state index is 0.148. The second kappa shape index (κ2) is 3.74. The molecule has 0 radical (unpaired) electrons. The van der Waals surface area contributed by atoms with Gasteiger partial charge in [-0.25, -0.2) is 4.39 Å². The number of rotatable bonds is 2. The summed E-state index contributed by atoms with van der Waals surface area (Å²) in [7, 11) is 0. The maximum Gasteiger partial charge on any atom is 0.153 e. The molecule has 0 fully saturated rings. The Morgan fingerprint density at radius 1 is 1.36 bits per heavy atom. The lowest BCUT2D eigenvalue weighted by molar-refractivity contribution is 0.112. The lowest BCUT2D eigenvalue weighted by Gasteiger charge is -2.03. The van der Waals surface area contributed by atoms with Gasteiger partial charge in [0, 0.05) is 0 Å². The minimum Gasteiger partial charge on any atom is -0.298 e. The molecule has 14 heavy (non-hydrogen) atoms. The van der Waals surface area contributed by atoms with Crippen LogP contribution >= 0.6 is 0 Å². The summed E-state index contributed by atoms with van der Waals surface area (Å²) < 4.78 is 13.0. The number of carbonyl (C=O) groups is 1. The first-order valence-corrected chi connectivity index (χ1v) is 4.75. The Balaban J connectivity index is 2.40. The number of carbonyl (C=O) groups excluding carboxylic acids is 1. The van der Waals surface area contributed by atoms with Crippen molar-refractivity contribution in [3.05, 3.63) is 41.2 Å². The molecule has 2 heteroatoms. The zero-order chi connectivity index (χ0) is 9.97. The highest BCUT2D eigenvalue weighted by Gasteiger charge is 2.09. The Bertz CT molecular complexity index is 393. The Morgan fingerprint density at radius 3 is 2.86 bits per heavy atom. The number of hydrogen-bond donors (Lipinski definition) is 0. The highest BCUT2D eigenvalue weighted by molar-refractivity contribution is 5.79. The van der Waals surface area contributed by atoms with E-state index in [0.717, 1.165) is 24.8 Å². The molecule has 0 amide bonds. The van der Waals surface area contributed by atoms with Crippen LogP contribution < -0.4 is 0 Å². The van der Waals surface area contributed by atoms with Gasteiger partial charge in [0.1, 0.15) is 5.82 Å². The second-order valence-electron chi connectivity index (χ2n) is 3.48. The van der Waals surface area contributed by atoms with Crippen molar-refractivity contribution in [2.75, 3.05) is 0 Å². The van der Waals surface area contributed by atoms with E-state index >= 15 is 0 Å². The van der Waals surface area contributed by atoms with Crippen molar-refractivity contribution in [2.45, 2.75) is 19.3 Å². The molecule has 0 saturated carbocycles. The van der Waals surface area contributed by atoms with Crippen LogP contribution in [0.15, 0.2) is 24.3 Å². The van der Waals surface area contributed by atoms with E-state index in [1.165, 1.54) is 11.6 Å². The van der Waals surface area contributed by atoms with Crippen molar-refractivity contribution in [3.8, 4) is 0 Å². The third-order valence-electron chi connectivity index (χ3n) is 2.53. The summed E-state index contributed by atoms with van der Waals surface area (Å²) in [6, 6.07) is 4.72. The largest absolute Gasteiger partial charge is 0.298 e. The normalized spacial score (nSPS) is 15.4. The maximum absolute atomic E-state index is 13.0. The van der Waals surface area contributed by atoms with E-state index in [2.05, 4.69) is 6.08 Å². The molecule has 0 unspecified atom stereocenters. The monoisotopic (exact) mass is 190 g/mol. The van der Waals surface area contributed by atoms with Gasteiger partial charge in [-0.05, 0) is 42.5 Å². The first-order valence-electron chi connectivity index (χ1n) is 4.75. The van der Waals surface area contributed by atoms with Gasteiger partial charge in [-0.3, -0.25) is 4.79 Å². The van der Waals surface area contributed by atoms with Crippen molar-refractivity contribution in [3.63, 3.8) is 0 Å². The van der Waals surface area contributed by atoms with Crippen LogP contribution in [0.3, 0.4) is 0 Å². The van der Waals surface area contributed by atoms with E-state index < -0.39 is 5.82 Å². The molecule has 0 aliphatic heterocycles. The van der Waals surface area contributed by atoms with Crippen molar-refractivity contribution < 1.29 is 9.18 Å². The minimum atomic E-state index is -0.442. The Morgan fingerprint density at radius 2 is 2.21 bits per heavy atom. The highest BCUT2D eigenvalue weighted by Crippen LogP contribution is 2.28. The zero-order valence-corrected chi connectivity index (χ0v) is 7.79. The molecule has 0 spiro atoms. The van der Waals surface area contributed by atoms with Gasteiger partial charge < -0.3 is 0 Å². The van der Waals surface area contributed by atoms with Gasteiger partial charge in [0.25, 0.3) is 0 Å². The Kier molecular flexibility index (Phi) is 2.44. The summed E-state index contributed by atoms with van der Waals surface area (Å²) in [6.45, 7) is 0. The Labute approximate surface area is 82.3 Å². The molecule has 0 bridgehead atoms. The quantitative estimate of drug-likeness (QED) is 0.654. The van der Waals surface area contributed by atoms with E-state index in [1.54, 1.807) is 12.1 Å². The van der Waals surface area contributed by atoms with E-state index in [9.17, 15) is 9.18 Å². The molecular weight excluding hydrogens is 179 g/mol. The molecule has 0 N–H and O–H groups in total. The average Bonchev–Trinajstić information content (AvgIpc) is 2.71. The summed E-state index contributed by atoms with van der Waals surface area (Å²) in [5.41, 5.74) is 2.36. The molecule has 1 aliphatic carbocycles. The number of benzene rings is 1. The molecule has 1 nitrogen and oxygen atoms in total. The molecular formula is C12H11FO. The summed E-state index contributed by atoms with van der Waals surface area (Å²) in [6.07, 6.45) is 5.99. The highest BCUT2D eigenvalue weighted by atomic mass is 19.1. The number of halogens is 1. The first-order chi connectivity index (χ1) is 6.81. The van der Waals surface area contributed by atoms with E-state index in [4.69, 9.17) is 0 Å². The van der Waals surface area contributed by atoms with Crippen LogP contribution in [0, 0.1) is 5.82 Å². The van der Waals surface area contributed by atoms with Gasteiger partial charge in [0.2, 0.25) is 0 Å². The average molecular weight is 190 g/mol. The SMILES string of the molecule is O=Cc1cc(C2=CCCC2)ccc1F. The molecule has 1 aromatic rings. The predicted molar refractivity (Wildman–Crippen MR) is 53.6 cm³/mol. The molecule has 72 valence electrons. The fourth-order valence-corrected chi connectivity index (χ4v) is 1.77. The lowest BCUT2D eigenvalue weighted by atomic mass is 10.0. The van der Waals surface area contributed by atoms with Gasteiger partial charge in [-0.15, -0.1) is 0 Å². The zero-order valence-electron chi connectivity index (χ0n) is 7.79. The van der Waals surface area contributed by atoms with Gasteiger partial charge in [0.05, 0.1) is 5.56 Å². The maximum atomic E-state index is 13.0. The first kappa shape index (κ1) is 9.13. The standard InChI is InChI=1S/C12H11FO/c13-12-6-5-10(7-11(12)8-14)9-3-1-2-4-9/h3,5-8H,1-2,4H2. The van der Waals surface area contributed by atoms with Gasteiger partial charge in [-0.2, -0.15) is 0 Å². The number of aldehydes is 1. The smallest absolute Gasteiger partial charge is 0.153 e. The van der Waals surface area contributed by atoms with Gasteiger partial charge in [0.15, 0.2) is 6.29 Å². The van der Waals surface area contributed by atoms with Crippen LogP contribution in [-0.2, 0) is 0 Å². The van der Waals surface area contributed by atoms with Crippen LogP contribution in [0.2, 0.25) is 0 Å². The summed E-state index contributed by atoms with van der Waals surface area (Å²) >= 11 is 0. The second-order valence-corrected chi connectivity index (χ2v) is 3.48. The summed E-state index contributed by atoms with van der Waals surface area (Å²) in [5, 5.41) is 0. The topological polar surface area (TPSA) is 17.1 Å². The Hall–Kier alpha value is -1.44. The fraction of sp³-hybridized carbons (Fsp3) is 0.250. The fourth-order valence-electron chi connectivity index (χ4n) is 1.77. The van der Waals surface area contributed by atoms with Gasteiger partial charge >= 0.3 is 0 Å². The summed E-state index contributed by atoms with van der Waals surface area (Å²) in [5.74, 6) is -0.442. The van der Waals surface area contributed by atoms with E-state index in [0.29, 0.717) is 6.29 Å². The molecule has 0 aromatic heterocycles. The lowest BCUT2D eigenvalue weighted by Crippen LogP contribution is -1.90. The van der Waals surface area contributed by atoms with Crippen molar-refractivity contribution >= 4 is 11.9 Å². The van der Waals surface area contributed by atoms with Crippen LogP contribution in [0.1, 0.15) is 35.2 Å². The van der Waals surface area contributed by atoms with Crippen molar-refractivity contribution in [1.82, 2.24) is 0 Å². The van der Waals surface area contributed by atoms with Crippen molar-refractivity contribution in [1.29, 1.82) is 0 Å². The number of hydrogen-bond acceptors (Lipinski definition) is 1. The van der Waals surface area contributed by atoms with E-state index in [-0.39, 0.29) is 5.56 Å². The van der Waals surface area contributed by atoms with Crippen LogP contribution in [0.25, 0.3) is 5.57 Å². The predicted octanol–water partition coefficient (Wildman–Crippen LogP) is 3.21. The molecule has 0 heterocycles. The molecule has 2 rings (SSSR count). The summed E-state index contributed by atoms with van der Waals surface area (Å²) in [4.78, 5) is 10.5. The molecule has 1 aromatic carbocycles. The third-order valence-corrected chi connectivity index (χ3v) is 2.53. The van der Waals surface area contributed by atoms with Crippen LogP contribution in [0.5, 0.6) is 0 Å². The van der Waals surface area contributed by atoms with E-state index in [1.807, 2.05) is 0 Å². The molecule has 0 saturated heterocycles. The van der Waals surface area contributed by atoms with Crippen LogP contribution in [-0.4, -0.2) is 6.29 Å². The van der Waals surface area contributed by atoms with Gasteiger partial charge in [-0.1, -0.05) is 12.1 Å². The van der Waals surface area contributed by atoms with Crippen LogP contribution in [0.4, 0.5) is 4.39 Å². The third kappa shape index (κ3) is 1.60.